The van der Waals surface area contributed by atoms with Gasteiger partial charge in [0.15, 0.2) is 0 Å². The Morgan fingerprint density at radius 3 is 0.690 bits per heavy atom. The molecule has 0 saturated carbocycles. The molecule has 29 heavy (non-hydrogen) atoms. The van der Waals surface area contributed by atoms with Gasteiger partial charge in [-0.1, -0.05) is 0 Å². The van der Waals surface area contributed by atoms with Crippen LogP contribution >= 0.6 is 0 Å². The summed E-state index contributed by atoms with van der Waals surface area (Å²) in [6.07, 6.45) is 0. The number of aliphatic carboxylic acids is 5. The quantitative estimate of drug-likeness (QED) is 0.177. The van der Waals surface area contributed by atoms with Crippen molar-refractivity contribution in [3.8, 4) is 0 Å². The first kappa shape index (κ1) is 36.9. The van der Waals surface area contributed by atoms with Gasteiger partial charge in [0.1, 0.15) is 12.1 Å². The van der Waals surface area contributed by atoms with Crippen molar-refractivity contribution in [2.24, 2.45) is 28.7 Å². The molecule has 0 radical (unpaired) electrons. The normalized spacial score (nSPS) is 10.3. The van der Waals surface area contributed by atoms with Crippen LogP contribution in [0.25, 0.3) is 0 Å². The highest BCUT2D eigenvalue weighted by molar-refractivity contribution is 5.73. The van der Waals surface area contributed by atoms with Crippen LogP contribution in [0.2, 0.25) is 0 Å². The van der Waals surface area contributed by atoms with Gasteiger partial charge in [-0.25, -0.2) is 0 Å². The molecule has 0 aliphatic carbocycles. The highest BCUT2D eigenvalue weighted by atomic mass is 16.4. The number of rotatable bonds is 7. The molecular formula is C12H29N5O12. The molecule has 17 N–H and O–H groups in total. The number of carboxylic acids is 5. The monoisotopic (exact) mass is 435 g/mol. The minimum atomic E-state index is -1.18. The Balaban J connectivity index is -0.0000000836. The molecule has 0 aliphatic heterocycles. The van der Waals surface area contributed by atoms with Crippen LogP contribution in [0.3, 0.4) is 0 Å². The molecule has 0 bridgehead atoms. The van der Waals surface area contributed by atoms with E-state index in [-0.39, 0.29) is 19.6 Å². The summed E-state index contributed by atoms with van der Waals surface area (Å²) in [6.45, 7) is -1.84. The van der Waals surface area contributed by atoms with E-state index < -0.39 is 55.1 Å². The highest BCUT2D eigenvalue weighted by Crippen LogP contribution is 1.71. The molecule has 0 spiro atoms. The number of nitrogens with two attached hydrogens (primary N) is 5. The van der Waals surface area contributed by atoms with E-state index in [0.717, 1.165) is 0 Å². The van der Waals surface area contributed by atoms with Gasteiger partial charge in [-0.15, -0.1) is 0 Å². The van der Waals surface area contributed by atoms with Crippen LogP contribution in [0, 0.1) is 0 Å². The zero-order valence-electron chi connectivity index (χ0n) is 15.2. The fourth-order valence-corrected chi connectivity index (χ4v) is 0.156. The van der Waals surface area contributed by atoms with Crippen molar-refractivity contribution < 1.29 is 59.7 Å². The van der Waals surface area contributed by atoms with Crippen LogP contribution in [0.1, 0.15) is 0 Å². The molecule has 0 heterocycles. The van der Waals surface area contributed by atoms with Crippen LogP contribution in [0.5, 0.6) is 0 Å². The number of aliphatic hydroxyl groups is 2. The van der Waals surface area contributed by atoms with E-state index >= 15 is 0 Å². The number of hydrogen-bond donors (Lipinski definition) is 12. The average molecular weight is 435 g/mol. The molecular weight excluding hydrogens is 406 g/mol. The summed E-state index contributed by atoms with van der Waals surface area (Å²) in [6, 6.07) is -2.25. The molecule has 0 aromatic carbocycles. The first-order valence-electron chi connectivity index (χ1n) is 7.12. The molecule has 0 rings (SSSR count). The zero-order chi connectivity index (χ0) is 24.6. The van der Waals surface area contributed by atoms with Crippen molar-refractivity contribution in [2.45, 2.75) is 12.1 Å². The second-order valence-corrected chi connectivity index (χ2v) is 4.05. The molecule has 0 saturated heterocycles. The van der Waals surface area contributed by atoms with Crippen LogP contribution in [-0.4, -0.2) is 111 Å². The number of carbonyl (C=O) groups is 5. The predicted molar refractivity (Wildman–Crippen MR) is 95.5 cm³/mol. The van der Waals surface area contributed by atoms with Crippen molar-refractivity contribution in [3.05, 3.63) is 0 Å². The van der Waals surface area contributed by atoms with Gasteiger partial charge in [0.05, 0.1) is 32.8 Å². The Morgan fingerprint density at radius 1 is 0.552 bits per heavy atom. The van der Waals surface area contributed by atoms with Crippen LogP contribution in [-0.2, 0) is 24.0 Å². The van der Waals surface area contributed by atoms with Gasteiger partial charge in [0, 0.05) is 0 Å². The van der Waals surface area contributed by atoms with E-state index in [4.69, 9.17) is 47.2 Å². The second kappa shape index (κ2) is 27.3. The lowest BCUT2D eigenvalue weighted by molar-refractivity contribution is -0.140. The van der Waals surface area contributed by atoms with Crippen molar-refractivity contribution in [1.29, 1.82) is 0 Å². The third kappa shape index (κ3) is 58.8. The minimum Gasteiger partial charge on any atom is -0.480 e. The lowest BCUT2D eigenvalue weighted by atomic mass is 10.3. The van der Waals surface area contributed by atoms with E-state index in [9.17, 15) is 24.0 Å². The Kier molecular flexibility index (Phi) is 34.7. The first-order valence-corrected chi connectivity index (χ1v) is 7.12. The summed E-state index contributed by atoms with van der Waals surface area (Å²) in [5.41, 5.74) is 23.2. The Hall–Kier alpha value is -2.93. The molecule has 2 unspecified atom stereocenters. The van der Waals surface area contributed by atoms with Crippen molar-refractivity contribution in [3.63, 3.8) is 0 Å². The number of aliphatic hydroxyl groups excluding tert-OH is 2. The van der Waals surface area contributed by atoms with E-state index in [2.05, 4.69) is 17.2 Å². The Labute approximate surface area is 164 Å². The van der Waals surface area contributed by atoms with Gasteiger partial charge in [0.2, 0.25) is 0 Å². The SMILES string of the molecule is NC(CO)C(=O)O.NC(CO)C(=O)O.NCC(=O)O.NCC(=O)O.NCC(=O)O. The standard InChI is InChI=1S/2C3H7NO3.3C2H5NO2/c2*4-2(1-5)3(6)7;3*3-1-2(4)5/h2*2,5H,1,4H2,(H,6,7);3*1,3H2,(H,4,5). The van der Waals surface area contributed by atoms with Crippen molar-refractivity contribution in [2.75, 3.05) is 32.8 Å². The maximum Gasteiger partial charge on any atom is 0.322 e. The van der Waals surface area contributed by atoms with Crippen LogP contribution in [0.15, 0.2) is 0 Å². The third-order valence-electron chi connectivity index (χ3n) is 1.55. The topological polar surface area (TPSA) is 357 Å². The van der Waals surface area contributed by atoms with E-state index in [1.807, 2.05) is 0 Å². The molecule has 17 heteroatoms. The van der Waals surface area contributed by atoms with Crippen LogP contribution < -0.4 is 28.7 Å². The van der Waals surface area contributed by atoms with Crippen LogP contribution in [0.4, 0.5) is 0 Å². The van der Waals surface area contributed by atoms with E-state index in [1.54, 1.807) is 0 Å². The molecule has 2 atom stereocenters. The van der Waals surface area contributed by atoms with Gasteiger partial charge in [-0.3, -0.25) is 24.0 Å². The van der Waals surface area contributed by atoms with E-state index in [0.29, 0.717) is 0 Å². The molecule has 0 fully saturated rings. The first-order chi connectivity index (χ1) is 13.2. The summed E-state index contributed by atoms with van der Waals surface area (Å²) < 4.78 is 0. The van der Waals surface area contributed by atoms with Gasteiger partial charge in [-0.05, 0) is 0 Å². The fourth-order valence-electron chi connectivity index (χ4n) is 0.156. The van der Waals surface area contributed by atoms with Crippen molar-refractivity contribution in [1.82, 2.24) is 0 Å². The zero-order valence-corrected chi connectivity index (χ0v) is 15.2. The summed E-state index contributed by atoms with van der Waals surface area (Å²) in [4.78, 5) is 47.0. The number of carboxylic acid groups (broad SMARTS) is 5. The fraction of sp³-hybridized carbons (Fsp3) is 0.583. The molecule has 0 aromatic heterocycles. The number of hydrogen-bond acceptors (Lipinski definition) is 12. The molecule has 17 nitrogen and oxygen atoms in total. The smallest absolute Gasteiger partial charge is 0.322 e. The Morgan fingerprint density at radius 2 is 0.690 bits per heavy atom. The lowest BCUT2D eigenvalue weighted by Gasteiger charge is -1.96. The summed E-state index contributed by atoms with van der Waals surface area (Å²) >= 11 is 0. The summed E-state index contributed by atoms with van der Waals surface area (Å²) in [5.74, 6) is -5.26. The third-order valence-corrected chi connectivity index (χ3v) is 1.55. The second-order valence-electron chi connectivity index (χ2n) is 4.05. The van der Waals surface area contributed by atoms with Gasteiger partial charge in [0.25, 0.3) is 0 Å². The summed E-state index contributed by atoms with van der Waals surface area (Å²) in [7, 11) is 0. The minimum absolute atomic E-state index is 0.278. The predicted octanol–water partition coefficient (Wildman–Crippen LogP) is -6.13. The van der Waals surface area contributed by atoms with Crippen molar-refractivity contribution >= 4 is 29.8 Å². The Bertz CT molecular complexity index is 409. The maximum absolute atomic E-state index is 9.65. The largest absolute Gasteiger partial charge is 0.480 e. The van der Waals surface area contributed by atoms with Gasteiger partial charge < -0.3 is 64.4 Å². The molecule has 0 aromatic rings. The van der Waals surface area contributed by atoms with Gasteiger partial charge in [-0.2, -0.15) is 0 Å². The molecule has 174 valence electrons. The molecule has 0 amide bonds. The van der Waals surface area contributed by atoms with Gasteiger partial charge >= 0.3 is 29.8 Å². The lowest BCUT2D eigenvalue weighted by Crippen LogP contribution is -2.33. The molecule has 0 aliphatic rings. The van der Waals surface area contributed by atoms with E-state index in [1.165, 1.54) is 0 Å². The maximum atomic E-state index is 9.65. The highest BCUT2D eigenvalue weighted by Gasteiger charge is 2.07. The summed E-state index contributed by atoms with van der Waals surface area (Å²) in [5, 5.41) is 54.6. The average Bonchev–Trinajstić information content (AvgIpc) is 2.67.